The molecule has 3 aliphatic rings. The first-order chi connectivity index (χ1) is 19.6. The lowest BCUT2D eigenvalue weighted by molar-refractivity contribution is -0.00848. The lowest BCUT2D eigenvalue weighted by Gasteiger charge is -2.35. The molecule has 226 valence electrons. The molecule has 4 rings (SSSR count). The number of benzene rings is 1. The van der Waals surface area contributed by atoms with E-state index in [0.29, 0.717) is 35.2 Å². The van der Waals surface area contributed by atoms with Gasteiger partial charge in [0.1, 0.15) is 5.75 Å². The minimum absolute atomic E-state index is 0.171. The number of nitrogens with one attached hydrogen (secondary N) is 1. The van der Waals surface area contributed by atoms with E-state index in [1.807, 2.05) is 13.1 Å². The first kappa shape index (κ1) is 31.4. The van der Waals surface area contributed by atoms with Crippen LogP contribution in [0.1, 0.15) is 96.1 Å². The molecular formula is C34H50F2N4O. The fourth-order valence-electron chi connectivity index (χ4n) is 6.64. The third-order valence-electron chi connectivity index (χ3n) is 9.25. The number of piperidine rings is 1. The van der Waals surface area contributed by atoms with Gasteiger partial charge in [-0.05, 0) is 107 Å². The predicted molar refractivity (Wildman–Crippen MR) is 166 cm³/mol. The second kappa shape index (κ2) is 14.1. The third kappa shape index (κ3) is 8.51. The molecule has 0 aromatic heterocycles. The molecule has 0 amide bonds. The number of hydrogen-bond acceptors (Lipinski definition) is 5. The Balaban J connectivity index is 1.39. The summed E-state index contributed by atoms with van der Waals surface area (Å²) in [6, 6.07) is 4.84. The second-order valence-electron chi connectivity index (χ2n) is 12.7. The molecule has 0 bridgehead atoms. The standard InChI is InChI=1S/C34H50F2N4O/c1-5-34(35,36)27-12-15-31(32(41)20-27)33-25(4)19-29(8-6-16-38-33)39-30-9-7-17-40(22-30)21-23(2)18-26-11-14-28(37)13-10-24(26)3/h12,15-16,19-20,24,26,28,30,39,41H,2,5-11,13-14,17-18,21-22,37H2,1,3-4H3/b29-19+,33-25-,38-16?/t24?,26?,28?,30-/m1/s1. The largest absolute Gasteiger partial charge is 0.507 e. The zero-order valence-corrected chi connectivity index (χ0v) is 25.3. The number of hydrogen-bond donors (Lipinski definition) is 3. The molecule has 7 heteroatoms. The van der Waals surface area contributed by atoms with E-state index in [1.165, 1.54) is 37.5 Å². The normalized spacial score (nSPS) is 29.7. The third-order valence-corrected chi connectivity index (χ3v) is 9.25. The maximum atomic E-state index is 14.2. The Morgan fingerprint density at radius 3 is 2.76 bits per heavy atom. The summed E-state index contributed by atoms with van der Waals surface area (Å²) < 4.78 is 28.3. The number of aliphatic imine (C=N–C) groups is 1. The molecule has 41 heavy (non-hydrogen) atoms. The van der Waals surface area contributed by atoms with Crippen molar-refractivity contribution in [3.63, 3.8) is 0 Å². The summed E-state index contributed by atoms with van der Waals surface area (Å²) in [7, 11) is 0. The molecule has 2 fully saturated rings. The summed E-state index contributed by atoms with van der Waals surface area (Å²) in [6.45, 7) is 13.3. The Hall–Kier alpha value is -2.51. The van der Waals surface area contributed by atoms with Gasteiger partial charge in [-0.25, -0.2) is 8.78 Å². The fourth-order valence-corrected chi connectivity index (χ4v) is 6.64. The van der Waals surface area contributed by atoms with Crippen molar-refractivity contribution in [3.05, 3.63) is 58.8 Å². The van der Waals surface area contributed by atoms with Gasteiger partial charge in [0, 0.05) is 54.6 Å². The van der Waals surface area contributed by atoms with E-state index < -0.39 is 5.92 Å². The molecule has 2 aliphatic heterocycles. The summed E-state index contributed by atoms with van der Waals surface area (Å²) in [5.74, 6) is -1.74. The molecule has 1 aromatic carbocycles. The number of halogens is 2. The van der Waals surface area contributed by atoms with Crippen LogP contribution in [-0.4, -0.2) is 47.9 Å². The molecule has 4 N–H and O–H groups in total. The van der Waals surface area contributed by atoms with Gasteiger partial charge in [0.2, 0.25) is 0 Å². The van der Waals surface area contributed by atoms with Gasteiger partial charge in [0.15, 0.2) is 0 Å². The van der Waals surface area contributed by atoms with Crippen molar-refractivity contribution in [3.8, 4) is 5.75 Å². The maximum absolute atomic E-state index is 14.2. The quantitative estimate of drug-likeness (QED) is 0.213. The van der Waals surface area contributed by atoms with E-state index in [9.17, 15) is 13.9 Å². The Bertz CT molecular complexity index is 1160. The minimum atomic E-state index is -2.97. The average Bonchev–Trinajstić information content (AvgIpc) is 3.08. The molecule has 0 radical (unpaired) electrons. The van der Waals surface area contributed by atoms with E-state index in [1.54, 1.807) is 6.07 Å². The van der Waals surface area contributed by atoms with Crippen LogP contribution >= 0.6 is 0 Å². The van der Waals surface area contributed by atoms with Crippen molar-refractivity contribution in [2.75, 3.05) is 19.6 Å². The number of aromatic hydroxyl groups is 1. The van der Waals surface area contributed by atoms with Crippen LogP contribution in [0.5, 0.6) is 5.75 Å². The molecule has 3 unspecified atom stereocenters. The van der Waals surface area contributed by atoms with E-state index in [0.717, 1.165) is 75.9 Å². The topological polar surface area (TPSA) is 73.9 Å². The van der Waals surface area contributed by atoms with Crippen molar-refractivity contribution in [1.29, 1.82) is 0 Å². The summed E-state index contributed by atoms with van der Waals surface area (Å²) >= 11 is 0. The van der Waals surface area contributed by atoms with Gasteiger partial charge < -0.3 is 16.2 Å². The molecule has 1 saturated heterocycles. The monoisotopic (exact) mass is 568 g/mol. The number of rotatable bonds is 9. The number of nitrogens with zero attached hydrogens (tertiary/aromatic N) is 2. The summed E-state index contributed by atoms with van der Waals surface area (Å²) in [6.07, 6.45) is 13.4. The minimum Gasteiger partial charge on any atom is -0.507 e. The summed E-state index contributed by atoms with van der Waals surface area (Å²) in [5, 5.41) is 14.5. The highest BCUT2D eigenvalue weighted by molar-refractivity contribution is 5.80. The van der Waals surface area contributed by atoms with Crippen molar-refractivity contribution in [2.24, 2.45) is 22.6 Å². The van der Waals surface area contributed by atoms with Gasteiger partial charge >= 0.3 is 0 Å². The van der Waals surface area contributed by atoms with Crippen LogP contribution in [0.15, 0.2) is 52.7 Å². The zero-order chi connectivity index (χ0) is 29.6. The Morgan fingerprint density at radius 1 is 1.22 bits per heavy atom. The van der Waals surface area contributed by atoms with Gasteiger partial charge in [-0.2, -0.15) is 0 Å². The van der Waals surface area contributed by atoms with Crippen LogP contribution in [-0.2, 0) is 5.92 Å². The van der Waals surface area contributed by atoms with Crippen molar-refractivity contribution < 1.29 is 13.9 Å². The summed E-state index contributed by atoms with van der Waals surface area (Å²) in [5.41, 5.74) is 10.5. The highest BCUT2D eigenvalue weighted by Gasteiger charge is 2.30. The molecule has 1 aliphatic carbocycles. The molecule has 5 nitrogen and oxygen atoms in total. The Labute approximate surface area is 245 Å². The number of likely N-dealkylation sites (tertiary alicyclic amines) is 1. The smallest absolute Gasteiger partial charge is 0.273 e. The van der Waals surface area contributed by atoms with Gasteiger partial charge in [-0.15, -0.1) is 0 Å². The van der Waals surface area contributed by atoms with E-state index in [2.05, 4.69) is 34.8 Å². The first-order valence-electron chi connectivity index (χ1n) is 15.6. The molecule has 4 atom stereocenters. The van der Waals surface area contributed by atoms with Gasteiger partial charge in [0.05, 0.1) is 5.70 Å². The van der Waals surface area contributed by atoms with Gasteiger partial charge in [-0.1, -0.05) is 32.1 Å². The highest BCUT2D eigenvalue weighted by Crippen LogP contribution is 2.38. The van der Waals surface area contributed by atoms with Crippen LogP contribution in [0.2, 0.25) is 0 Å². The molecule has 2 heterocycles. The highest BCUT2D eigenvalue weighted by atomic mass is 19.3. The van der Waals surface area contributed by atoms with Crippen molar-refractivity contribution in [2.45, 2.75) is 103 Å². The second-order valence-corrected chi connectivity index (χ2v) is 12.7. The number of phenols is 1. The molecule has 0 spiro atoms. The molecule has 1 saturated carbocycles. The number of alkyl halides is 2. The molecule has 1 aromatic rings. The maximum Gasteiger partial charge on any atom is 0.273 e. The Kier molecular flexibility index (Phi) is 10.8. The molecular weight excluding hydrogens is 518 g/mol. The number of allylic oxidation sites excluding steroid dienone is 3. The number of phenolic OH excluding ortho intramolecular Hbond substituents is 1. The lowest BCUT2D eigenvalue weighted by atomic mass is 9.84. The lowest BCUT2D eigenvalue weighted by Crippen LogP contribution is -2.46. The average molecular weight is 569 g/mol. The van der Waals surface area contributed by atoms with Gasteiger partial charge in [0.25, 0.3) is 5.92 Å². The fraction of sp³-hybridized carbons (Fsp3) is 0.618. The van der Waals surface area contributed by atoms with E-state index in [4.69, 9.17) is 5.73 Å². The SMILES string of the molecule is C=C(CC1CCC(N)CCC1C)CN1CCC[C@@H](N/C2=C/C(C)=C(/c3ccc(C(F)(F)CC)cc3O)N=CCC2)C1. The van der Waals surface area contributed by atoms with Crippen LogP contribution < -0.4 is 11.1 Å². The first-order valence-corrected chi connectivity index (χ1v) is 15.6. The zero-order valence-electron chi connectivity index (χ0n) is 25.3. The summed E-state index contributed by atoms with van der Waals surface area (Å²) in [4.78, 5) is 7.15. The van der Waals surface area contributed by atoms with Crippen LogP contribution in [0.4, 0.5) is 8.78 Å². The predicted octanol–water partition coefficient (Wildman–Crippen LogP) is 7.53. The van der Waals surface area contributed by atoms with Crippen molar-refractivity contribution >= 4 is 11.9 Å². The van der Waals surface area contributed by atoms with Crippen molar-refractivity contribution in [1.82, 2.24) is 10.2 Å². The van der Waals surface area contributed by atoms with Gasteiger partial charge in [-0.3, -0.25) is 9.89 Å². The van der Waals surface area contributed by atoms with Crippen LogP contribution in [0.3, 0.4) is 0 Å². The van der Waals surface area contributed by atoms with E-state index >= 15 is 0 Å². The van der Waals surface area contributed by atoms with E-state index in [-0.39, 0.29) is 17.7 Å². The number of nitrogens with two attached hydrogens (primary N) is 1. The van der Waals surface area contributed by atoms with Crippen LogP contribution in [0, 0.1) is 11.8 Å². The Morgan fingerprint density at radius 2 is 2.00 bits per heavy atom. The van der Waals surface area contributed by atoms with Crippen LogP contribution in [0.25, 0.3) is 5.70 Å².